The molecule has 0 saturated carbocycles. The quantitative estimate of drug-likeness (QED) is 0.898. The van der Waals surface area contributed by atoms with Crippen LogP contribution in [0.5, 0.6) is 0 Å². The van der Waals surface area contributed by atoms with Crippen molar-refractivity contribution in [3.8, 4) is 0 Å². The summed E-state index contributed by atoms with van der Waals surface area (Å²) in [5.74, 6) is -0.00868. The number of likely N-dealkylation sites (N-methyl/N-ethyl adjacent to an activating group) is 1. The lowest BCUT2D eigenvalue weighted by Crippen LogP contribution is -2.40. The largest absolute Gasteiger partial charge is 0.349 e. The Morgan fingerprint density at radius 2 is 2.21 bits per heavy atom. The number of pyridine rings is 1. The van der Waals surface area contributed by atoms with Crippen LogP contribution in [0, 0.1) is 0 Å². The second-order valence-electron chi connectivity index (χ2n) is 6.52. The minimum Gasteiger partial charge on any atom is -0.349 e. The average Bonchev–Trinajstić information content (AvgIpc) is 3.08. The van der Waals surface area contributed by atoms with Gasteiger partial charge in [0.15, 0.2) is 0 Å². The van der Waals surface area contributed by atoms with Gasteiger partial charge in [-0.05, 0) is 50.4 Å². The standard InChI is InChI=1S/C18H23N3O2S/c1-20(2)8-9-21-16-5-4-15(11-13(16)3-6-17(21)22)19-18(23)14-7-10-24-12-14/h3,6-7,10,12,15H,4-5,8-9,11H2,1-2H3,(H,19,23)/t15-/m0/s1. The first kappa shape index (κ1) is 16.9. The molecule has 2 aromatic heterocycles. The highest BCUT2D eigenvalue weighted by atomic mass is 32.1. The lowest BCUT2D eigenvalue weighted by Gasteiger charge is -2.28. The summed E-state index contributed by atoms with van der Waals surface area (Å²) in [7, 11) is 4.02. The topological polar surface area (TPSA) is 54.3 Å². The van der Waals surface area contributed by atoms with E-state index in [1.165, 1.54) is 16.9 Å². The van der Waals surface area contributed by atoms with Gasteiger partial charge in [-0.2, -0.15) is 11.3 Å². The minimum absolute atomic E-state index is 0.00868. The molecule has 0 fully saturated rings. The van der Waals surface area contributed by atoms with Gasteiger partial charge < -0.3 is 14.8 Å². The molecule has 0 aromatic carbocycles. The molecule has 1 atom stereocenters. The molecule has 0 bridgehead atoms. The van der Waals surface area contributed by atoms with Gasteiger partial charge in [0.05, 0.1) is 0 Å². The zero-order chi connectivity index (χ0) is 17.1. The van der Waals surface area contributed by atoms with E-state index in [4.69, 9.17) is 0 Å². The van der Waals surface area contributed by atoms with Crippen LogP contribution < -0.4 is 10.9 Å². The fraction of sp³-hybridized carbons (Fsp3) is 0.444. The van der Waals surface area contributed by atoms with Crippen LogP contribution >= 0.6 is 11.3 Å². The zero-order valence-electron chi connectivity index (χ0n) is 14.1. The molecule has 1 N–H and O–H groups in total. The van der Waals surface area contributed by atoms with E-state index in [1.54, 1.807) is 6.07 Å². The Morgan fingerprint density at radius 1 is 1.38 bits per heavy atom. The summed E-state index contributed by atoms with van der Waals surface area (Å²) >= 11 is 1.53. The normalized spacial score (nSPS) is 16.9. The molecular formula is C18H23N3O2S. The van der Waals surface area contributed by atoms with Gasteiger partial charge in [0.25, 0.3) is 11.5 Å². The molecule has 2 aromatic rings. The molecule has 1 aliphatic carbocycles. The highest BCUT2D eigenvalue weighted by Crippen LogP contribution is 2.21. The molecule has 0 aliphatic heterocycles. The highest BCUT2D eigenvalue weighted by molar-refractivity contribution is 7.08. The van der Waals surface area contributed by atoms with Crippen LogP contribution in [-0.2, 0) is 19.4 Å². The smallest absolute Gasteiger partial charge is 0.252 e. The summed E-state index contributed by atoms with van der Waals surface area (Å²) in [6, 6.07) is 5.55. The van der Waals surface area contributed by atoms with E-state index in [9.17, 15) is 9.59 Å². The van der Waals surface area contributed by atoms with E-state index in [0.717, 1.165) is 37.1 Å². The van der Waals surface area contributed by atoms with Gasteiger partial charge in [0, 0.05) is 41.8 Å². The van der Waals surface area contributed by atoms with Crippen molar-refractivity contribution in [3.05, 3.63) is 56.1 Å². The zero-order valence-corrected chi connectivity index (χ0v) is 14.9. The average molecular weight is 345 g/mol. The minimum atomic E-state index is -0.00868. The second-order valence-corrected chi connectivity index (χ2v) is 7.30. The third kappa shape index (κ3) is 3.76. The fourth-order valence-electron chi connectivity index (χ4n) is 3.15. The molecule has 3 rings (SSSR count). The number of hydrogen-bond acceptors (Lipinski definition) is 4. The summed E-state index contributed by atoms with van der Waals surface area (Å²) < 4.78 is 1.90. The van der Waals surface area contributed by atoms with Crippen molar-refractivity contribution >= 4 is 17.2 Å². The number of rotatable bonds is 5. The van der Waals surface area contributed by atoms with Crippen molar-refractivity contribution in [2.24, 2.45) is 0 Å². The summed E-state index contributed by atoms with van der Waals surface area (Å²) in [5.41, 5.74) is 3.10. The molecule has 2 heterocycles. The van der Waals surface area contributed by atoms with Crippen molar-refractivity contribution in [2.45, 2.75) is 31.8 Å². The van der Waals surface area contributed by atoms with Gasteiger partial charge in [-0.15, -0.1) is 0 Å². The molecule has 0 unspecified atom stereocenters. The van der Waals surface area contributed by atoms with Crippen molar-refractivity contribution in [2.75, 3.05) is 20.6 Å². The molecule has 6 heteroatoms. The first-order valence-corrected chi connectivity index (χ1v) is 9.18. The second kappa shape index (κ2) is 7.32. The van der Waals surface area contributed by atoms with Crippen LogP contribution in [-0.4, -0.2) is 42.1 Å². The van der Waals surface area contributed by atoms with Crippen molar-refractivity contribution in [1.82, 2.24) is 14.8 Å². The lowest BCUT2D eigenvalue weighted by atomic mass is 9.91. The highest BCUT2D eigenvalue weighted by Gasteiger charge is 2.23. The number of carbonyl (C=O) groups is 1. The molecule has 1 amide bonds. The Balaban J connectivity index is 1.73. The number of hydrogen-bond donors (Lipinski definition) is 1. The first-order valence-electron chi connectivity index (χ1n) is 8.24. The van der Waals surface area contributed by atoms with Gasteiger partial charge in [-0.25, -0.2) is 0 Å². The van der Waals surface area contributed by atoms with Crippen LogP contribution in [0.15, 0.2) is 33.8 Å². The van der Waals surface area contributed by atoms with E-state index in [1.807, 2.05) is 41.6 Å². The molecule has 0 saturated heterocycles. The number of aromatic nitrogens is 1. The van der Waals surface area contributed by atoms with Gasteiger partial charge in [-0.3, -0.25) is 9.59 Å². The number of fused-ring (bicyclic) bond motifs is 1. The molecule has 0 radical (unpaired) electrons. The van der Waals surface area contributed by atoms with Gasteiger partial charge in [-0.1, -0.05) is 6.07 Å². The maximum Gasteiger partial charge on any atom is 0.252 e. The summed E-state index contributed by atoms with van der Waals surface area (Å²) in [4.78, 5) is 26.5. The summed E-state index contributed by atoms with van der Waals surface area (Å²) in [5, 5.41) is 6.90. The Bertz CT molecular complexity index is 765. The molecule has 1 aliphatic rings. The lowest BCUT2D eigenvalue weighted by molar-refractivity contribution is 0.0934. The Morgan fingerprint density at radius 3 is 2.92 bits per heavy atom. The molecule has 0 spiro atoms. The number of amides is 1. The van der Waals surface area contributed by atoms with Crippen molar-refractivity contribution in [1.29, 1.82) is 0 Å². The number of thiophene rings is 1. The van der Waals surface area contributed by atoms with Crippen molar-refractivity contribution in [3.63, 3.8) is 0 Å². The number of nitrogens with zero attached hydrogens (tertiary/aromatic N) is 2. The SMILES string of the molecule is CN(C)CCn1c2c(ccc1=O)C[C@@H](NC(=O)c1ccsc1)CC2. The van der Waals surface area contributed by atoms with Crippen LogP contribution in [0.2, 0.25) is 0 Å². The van der Waals surface area contributed by atoms with E-state index in [0.29, 0.717) is 6.54 Å². The number of nitrogens with one attached hydrogen (secondary N) is 1. The Hall–Kier alpha value is -1.92. The fourth-order valence-corrected chi connectivity index (χ4v) is 3.79. The summed E-state index contributed by atoms with van der Waals surface area (Å²) in [6.45, 7) is 1.55. The first-order chi connectivity index (χ1) is 11.5. The molecule has 5 nitrogen and oxygen atoms in total. The third-order valence-electron chi connectivity index (χ3n) is 4.47. The van der Waals surface area contributed by atoms with Gasteiger partial charge >= 0.3 is 0 Å². The van der Waals surface area contributed by atoms with Gasteiger partial charge in [0.1, 0.15) is 0 Å². The summed E-state index contributed by atoms with van der Waals surface area (Å²) in [6.07, 6.45) is 2.48. The van der Waals surface area contributed by atoms with Crippen LogP contribution in [0.25, 0.3) is 0 Å². The van der Waals surface area contributed by atoms with Crippen LogP contribution in [0.4, 0.5) is 0 Å². The molecule has 24 heavy (non-hydrogen) atoms. The molecule has 128 valence electrons. The van der Waals surface area contributed by atoms with Crippen LogP contribution in [0.3, 0.4) is 0 Å². The maximum atomic E-state index is 12.2. The van der Waals surface area contributed by atoms with Crippen molar-refractivity contribution < 1.29 is 4.79 Å². The Kier molecular flexibility index (Phi) is 5.16. The third-order valence-corrected chi connectivity index (χ3v) is 5.16. The van der Waals surface area contributed by atoms with E-state index in [2.05, 4.69) is 10.2 Å². The number of carbonyl (C=O) groups excluding carboxylic acids is 1. The van der Waals surface area contributed by atoms with E-state index < -0.39 is 0 Å². The van der Waals surface area contributed by atoms with Crippen LogP contribution in [0.1, 0.15) is 28.0 Å². The molecular weight excluding hydrogens is 322 g/mol. The predicted octanol–water partition coefficient (Wildman–Crippen LogP) is 1.76. The predicted molar refractivity (Wildman–Crippen MR) is 96.9 cm³/mol. The monoisotopic (exact) mass is 345 g/mol. The van der Waals surface area contributed by atoms with E-state index in [-0.39, 0.29) is 17.5 Å². The Labute approximate surface area is 145 Å². The van der Waals surface area contributed by atoms with E-state index >= 15 is 0 Å². The van der Waals surface area contributed by atoms with Gasteiger partial charge in [0.2, 0.25) is 0 Å². The maximum absolute atomic E-state index is 12.2.